The lowest BCUT2D eigenvalue weighted by Crippen LogP contribution is -2.46. The number of piperazine rings is 1. The van der Waals surface area contributed by atoms with Crippen LogP contribution in [0.25, 0.3) is 0 Å². The van der Waals surface area contributed by atoms with Crippen LogP contribution in [-0.4, -0.2) is 37.0 Å². The summed E-state index contributed by atoms with van der Waals surface area (Å²) in [5.74, 6) is 0.0425. The van der Waals surface area contributed by atoms with Crippen LogP contribution in [0, 0.1) is 0 Å². The minimum Gasteiger partial charge on any atom is -0.369 e. The first-order valence-electron chi connectivity index (χ1n) is 8.76. The molecule has 1 aliphatic heterocycles. The van der Waals surface area contributed by atoms with Gasteiger partial charge in [0.15, 0.2) is 0 Å². The number of benzene rings is 2. The van der Waals surface area contributed by atoms with Gasteiger partial charge >= 0.3 is 0 Å². The monoisotopic (exact) mass is 357 g/mol. The van der Waals surface area contributed by atoms with Crippen molar-refractivity contribution in [1.82, 2.24) is 4.90 Å². The van der Waals surface area contributed by atoms with Crippen molar-refractivity contribution in [3.63, 3.8) is 0 Å². The van der Waals surface area contributed by atoms with E-state index in [1.54, 1.807) is 0 Å². The summed E-state index contributed by atoms with van der Waals surface area (Å²) in [6, 6.07) is 16.2. The standard InChI is InChI=1S/C20H24ClN3O/c1-2-20(25)22-17-7-9-18(10-8-17)24-13-11-23(12-14-24)15-16-5-3-4-6-19(16)21/h3-10H,2,11-15H2,1H3,(H,22,25). The predicted molar refractivity (Wildman–Crippen MR) is 104 cm³/mol. The summed E-state index contributed by atoms with van der Waals surface area (Å²) < 4.78 is 0. The van der Waals surface area contributed by atoms with E-state index in [-0.39, 0.29) is 5.91 Å². The molecule has 1 N–H and O–H groups in total. The molecule has 1 amide bonds. The molecule has 2 aromatic rings. The molecule has 132 valence electrons. The van der Waals surface area contributed by atoms with Gasteiger partial charge in [-0.25, -0.2) is 0 Å². The maximum atomic E-state index is 11.4. The van der Waals surface area contributed by atoms with E-state index in [2.05, 4.69) is 33.3 Å². The lowest BCUT2D eigenvalue weighted by molar-refractivity contribution is -0.115. The minimum absolute atomic E-state index is 0.0425. The molecule has 1 heterocycles. The van der Waals surface area contributed by atoms with Crippen LogP contribution in [0.3, 0.4) is 0 Å². The highest BCUT2D eigenvalue weighted by molar-refractivity contribution is 6.31. The third kappa shape index (κ3) is 4.74. The summed E-state index contributed by atoms with van der Waals surface area (Å²) >= 11 is 6.26. The summed E-state index contributed by atoms with van der Waals surface area (Å²) in [4.78, 5) is 16.3. The van der Waals surface area contributed by atoms with Crippen molar-refractivity contribution in [2.75, 3.05) is 36.4 Å². The number of nitrogens with one attached hydrogen (secondary N) is 1. The number of halogens is 1. The molecule has 0 aliphatic carbocycles. The Kier molecular flexibility index (Phi) is 5.95. The zero-order valence-electron chi connectivity index (χ0n) is 14.5. The van der Waals surface area contributed by atoms with Gasteiger partial charge in [0, 0.05) is 55.5 Å². The Hall–Kier alpha value is -2.04. The van der Waals surface area contributed by atoms with E-state index in [4.69, 9.17) is 11.6 Å². The Labute approximate surface area is 154 Å². The molecule has 1 fully saturated rings. The van der Waals surface area contributed by atoms with E-state index in [1.807, 2.05) is 37.3 Å². The van der Waals surface area contributed by atoms with Gasteiger partial charge in [0.2, 0.25) is 5.91 Å². The van der Waals surface area contributed by atoms with Gasteiger partial charge in [0.1, 0.15) is 0 Å². The number of hydrogen-bond acceptors (Lipinski definition) is 3. The quantitative estimate of drug-likeness (QED) is 0.878. The molecule has 0 atom stereocenters. The number of carbonyl (C=O) groups excluding carboxylic acids is 1. The lowest BCUT2D eigenvalue weighted by atomic mass is 10.2. The fourth-order valence-corrected chi connectivity index (χ4v) is 3.23. The molecule has 3 rings (SSSR count). The minimum atomic E-state index is 0.0425. The zero-order chi connectivity index (χ0) is 17.6. The van der Waals surface area contributed by atoms with Crippen LogP contribution in [0.1, 0.15) is 18.9 Å². The van der Waals surface area contributed by atoms with Crippen molar-refractivity contribution in [2.45, 2.75) is 19.9 Å². The third-order valence-electron chi connectivity index (χ3n) is 4.56. The van der Waals surface area contributed by atoms with Gasteiger partial charge in [-0.15, -0.1) is 0 Å². The van der Waals surface area contributed by atoms with Crippen molar-refractivity contribution < 1.29 is 4.79 Å². The van der Waals surface area contributed by atoms with E-state index >= 15 is 0 Å². The molecule has 1 aliphatic rings. The molecule has 0 saturated carbocycles. The average Bonchev–Trinajstić information content (AvgIpc) is 2.65. The topological polar surface area (TPSA) is 35.6 Å². The van der Waals surface area contributed by atoms with Gasteiger partial charge in [-0.1, -0.05) is 36.7 Å². The van der Waals surface area contributed by atoms with E-state index in [0.717, 1.165) is 43.4 Å². The fourth-order valence-electron chi connectivity index (χ4n) is 3.04. The normalized spacial score (nSPS) is 15.2. The highest BCUT2D eigenvalue weighted by atomic mass is 35.5. The van der Waals surface area contributed by atoms with Gasteiger partial charge in [-0.3, -0.25) is 9.69 Å². The number of nitrogens with zero attached hydrogens (tertiary/aromatic N) is 2. The second kappa shape index (κ2) is 8.37. The highest BCUT2D eigenvalue weighted by Crippen LogP contribution is 2.22. The fraction of sp³-hybridized carbons (Fsp3) is 0.350. The Bertz CT molecular complexity index is 709. The molecule has 4 nitrogen and oxygen atoms in total. The van der Waals surface area contributed by atoms with Crippen LogP contribution < -0.4 is 10.2 Å². The number of amides is 1. The molecule has 1 saturated heterocycles. The van der Waals surface area contributed by atoms with Crippen LogP contribution in [-0.2, 0) is 11.3 Å². The molecule has 0 unspecified atom stereocenters. The maximum Gasteiger partial charge on any atom is 0.224 e. The van der Waals surface area contributed by atoms with Gasteiger partial charge in [0.25, 0.3) is 0 Å². The SMILES string of the molecule is CCC(=O)Nc1ccc(N2CCN(Cc3ccccc3Cl)CC2)cc1. The summed E-state index contributed by atoms with van der Waals surface area (Å²) in [6.07, 6.45) is 0.495. The van der Waals surface area contributed by atoms with Crippen LogP contribution in [0.5, 0.6) is 0 Å². The molecular weight excluding hydrogens is 334 g/mol. The van der Waals surface area contributed by atoms with Crippen LogP contribution >= 0.6 is 11.6 Å². The second-order valence-electron chi connectivity index (χ2n) is 6.30. The van der Waals surface area contributed by atoms with E-state index in [1.165, 1.54) is 11.3 Å². The summed E-state index contributed by atoms with van der Waals surface area (Å²) in [5, 5.41) is 3.73. The zero-order valence-corrected chi connectivity index (χ0v) is 15.3. The molecule has 0 bridgehead atoms. The van der Waals surface area contributed by atoms with Crippen LogP contribution in [0.2, 0.25) is 5.02 Å². The molecule has 0 aromatic heterocycles. The number of anilines is 2. The summed E-state index contributed by atoms with van der Waals surface area (Å²) in [6.45, 7) is 6.76. The molecule has 5 heteroatoms. The van der Waals surface area contributed by atoms with Crippen molar-refractivity contribution >= 4 is 28.9 Å². The van der Waals surface area contributed by atoms with Crippen LogP contribution in [0.4, 0.5) is 11.4 Å². The van der Waals surface area contributed by atoms with Crippen molar-refractivity contribution in [1.29, 1.82) is 0 Å². The molecule has 25 heavy (non-hydrogen) atoms. The van der Waals surface area contributed by atoms with Gasteiger partial charge in [-0.2, -0.15) is 0 Å². The van der Waals surface area contributed by atoms with Crippen LogP contribution in [0.15, 0.2) is 48.5 Å². The van der Waals surface area contributed by atoms with E-state index in [9.17, 15) is 4.79 Å². The molecule has 0 radical (unpaired) electrons. The van der Waals surface area contributed by atoms with Crippen molar-refractivity contribution in [3.05, 3.63) is 59.1 Å². The van der Waals surface area contributed by atoms with Gasteiger partial charge in [-0.05, 0) is 35.9 Å². The van der Waals surface area contributed by atoms with E-state index < -0.39 is 0 Å². The second-order valence-corrected chi connectivity index (χ2v) is 6.71. The Morgan fingerprint density at radius 1 is 1.04 bits per heavy atom. The van der Waals surface area contributed by atoms with Gasteiger partial charge < -0.3 is 10.2 Å². The predicted octanol–water partition coefficient (Wildman–Crippen LogP) is 4.01. The van der Waals surface area contributed by atoms with Crippen molar-refractivity contribution in [3.8, 4) is 0 Å². The Morgan fingerprint density at radius 2 is 1.72 bits per heavy atom. The average molecular weight is 358 g/mol. The number of rotatable bonds is 5. The molecule has 0 spiro atoms. The first-order valence-corrected chi connectivity index (χ1v) is 9.14. The van der Waals surface area contributed by atoms with Crippen molar-refractivity contribution in [2.24, 2.45) is 0 Å². The number of hydrogen-bond donors (Lipinski definition) is 1. The third-order valence-corrected chi connectivity index (χ3v) is 4.93. The highest BCUT2D eigenvalue weighted by Gasteiger charge is 2.18. The lowest BCUT2D eigenvalue weighted by Gasteiger charge is -2.36. The smallest absolute Gasteiger partial charge is 0.224 e. The van der Waals surface area contributed by atoms with Gasteiger partial charge in [0.05, 0.1) is 0 Å². The summed E-state index contributed by atoms with van der Waals surface area (Å²) in [7, 11) is 0. The Balaban J connectivity index is 1.53. The maximum absolute atomic E-state index is 11.4. The summed E-state index contributed by atoms with van der Waals surface area (Å²) in [5.41, 5.74) is 3.24. The Morgan fingerprint density at radius 3 is 2.36 bits per heavy atom. The number of carbonyl (C=O) groups is 1. The largest absolute Gasteiger partial charge is 0.369 e. The van der Waals surface area contributed by atoms with E-state index in [0.29, 0.717) is 6.42 Å². The first-order chi connectivity index (χ1) is 12.2. The molecular formula is C20H24ClN3O. The molecule has 2 aromatic carbocycles. The first kappa shape index (κ1) is 17.8.